The smallest absolute Gasteiger partial charge is 0.430 e. The van der Waals surface area contributed by atoms with E-state index in [4.69, 9.17) is 5.84 Å². The van der Waals surface area contributed by atoms with Gasteiger partial charge in [0, 0.05) is 0 Å². The Bertz CT molecular complexity index is 464. The Morgan fingerprint density at radius 1 is 1.53 bits per heavy atom. The van der Waals surface area contributed by atoms with E-state index >= 15 is 0 Å². The van der Waals surface area contributed by atoms with Gasteiger partial charge in [0.05, 0.1) is 17.3 Å². The van der Waals surface area contributed by atoms with E-state index in [0.29, 0.717) is 5.13 Å². The lowest BCUT2D eigenvalue weighted by Crippen LogP contribution is -2.37. The van der Waals surface area contributed by atoms with Crippen LogP contribution in [0.2, 0.25) is 0 Å². The highest BCUT2D eigenvalue weighted by atomic mass is 32.1. The van der Waals surface area contributed by atoms with Crippen LogP contribution >= 0.6 is 11.3 Å². The fraction of sp³-hybridized carbons (Fsp3) is 0.111. The van der Waals surface area contributed by atoms with Crippen LogP contribution < -0.4 is 10.9 Å². The number of carbonyl (C=O) groups is 1. The van der Waals surface area contributed by atoms with Gasteiger partial charge in [0.2, 0.25) is 5.13 Å². The first-order valence-electron chi connectivity index (χ1n) is 4.20. The zero-order chi connectivity index (χ0) is 10.8. The summed E-state index contributed by atoms with van der Waals surface area (Å²) in [6.45, 7) is 0. The number of rotatable bonds is 1. The zero-order valence-corrected chi connectivity index (χ0v) is 8.82. The molecule has 1 aromatic heterocycles. The van der Waals surface area contributed by atoms with Gasteiger partial charge >= 0.3 is 6.09 Å². The Morgan fingerprint density at radius 3 is 2.93 bits per heavy atom. The summed E-state index contributed by atoms with van der Waals surface area (Å²) in [7, 11) is 1.27. The standard InChI is InChI=1S/C9H9N3O2S/c1-14-9(13)12(10)8-11-6-4-2-3-5-7(6)15-8/h2-5H,10H2,1H3. The number of carbonyl (C=O) groups excluding carboxylic acids is 1. The Labute approximate surface area is 90.0 Å². The van der Waals surface area contributed by atoms with Crippen LogP contribution in [0.15, 0.2) is 24.3 Å². The first kappa shape index (κ1) is 9.88. The van der Waals surface area contributed by atoms with Crippen LogP contribution in [0.4, 0.5) is 9.93 Å². The van der Waals surface area contributed by atoms with Crippen molar-refractivity contribution in [2.24, 2.45) is 5.84 Å². The molecule has 0 spiro atoms. The second-order valence-corrected chi connectivity index (χ2v) is 3.81. The monoisotopic (exact) mass is 223 g/mol. The van der Waals surface area contributed by atoms with E-state index in [9.17, 15) is 4.79 Å². The van der Waals surface area contributed by atoms with Gasteiger partial charge in [0.25, 0.3) is 0 Å². The number of amides is 1. The number of anilines is 1. The third-order valence-corrected chi connectivity index (χ3v) is 2.90. The van der Waals surface area contributed by atoms with Gasteiger partial charge in [-0.2, -0.15) is 5.01 Å². The van der Waals surface area contributed by atoms with Gasteiger partial charge in [-0.1, -0.05) is 23.5 Å². The van der Waals surface area contributed by atoms with E-state index in [-0.39, 0.29) is 0 Å². The summed E-state index contributed by atoms with van der Waals surface area (Å²) in [5.74, 6) is 5.52. The third kappa shape index (κ3) is 1.77. The maximum Gasteiger partial charge on any atom is 0.430 e. The summed E-state index contributed by atoms with van der Waals surface area (Å²) in [5.41, 5.74) is 0.817. The fourth-order valence-electron chi connectivity index (χ4n) is 1.14. The largest absolute Gasteiger partial charge is 0.451 e. The molecule has 2 aromatic rings. The molecule has 1 aromatic carbocycles. The van der Waals surface area contributed by atoms with E-state index in [1.54, 1.807) is 0 Å². The second kappa shape index (κ2) is 3.84. The van der Waals surface area contributed by atoms with Gasteiger partial charge in [-0.25, -0.2) is 15.6 Å². The average Bonchev–Trinajstić information content (AvgIpc) is 2.70. The van der Waals surface area contributed by atoms with E-state index in [0.717, 1.165) is 15.2 Å². The molecule has 0 unspecified atom stereocenters. The Kier molecular flexibility index (Phi) is 2.53. The Hall–Kier alpha value is -1.66. The topological polar surface area (TPSA) is 68.5 Å². The van der Waals surface area contributed by atoms with E-state index < -0.39 is 6.09 Å². The number of thiazole rings is 1. The SMILES string of the molecule is COC(=O)N(N)c1nc2ccccc2s1. The van der Waals surface area contributed by atoms with Crippen LogP contribution in [0, 0.1) is 0 Å². The van der Waals surface area contributed by atoms with Crippen molar-refractivity contribution in [3.05, 3.63) is 24.3 Å². The minimum Gasteiger partial charge on any atom is -0.451 e. The minimum absolute atomic E-state index is 0.419. The Balaban J connectivity index is 2.40. The minimum atomic E-state index is -0.631. The number of methoxy groups -OCH3 is 1. The second-order valence-electron chi connectivity index (χ2n) is 2.80. The van der Waals surface area contributed by atoms with Crippen molar-refractivity contribution in [2.45, 2.75) is 0 Å². The van der Waals surface area contributed by atoms with Gasteiger partial charge in [-0.15, -0.1) is 0 Å². The van der Waals surface area contributed by atoms with Crippen LogP contribution in [-0.4, -0.2) is 18.2 Å². The molecule has 6 heteroatoms. The number of nitrogens with two attached hydrogens (primary N) is 1. The molecule has 0 aliphatic heterocycles. The molecule has 0 saturated carbocycles. The molecular formula is C9H9N3O2S. The van der Waals surface area contributed by atoms with Crippen molar-refractivity contribution in [3.8, 4) is 0 Å². The maximum atomic E-state index is 11.1. The fourth-order valence-corrected chi connectivity index (χ4v) is 2.02. The molecule has 0 fully saturated rings. The van der Waals surface area contributed by atoms with E-state index in [1.807, 2.05) is 24.3 Å². The molecule has 0 atom stereocenters. The highest BCUT2D eigenvalue weighted by molar-refractivity contribution is 7.22. The number of fused-ring (bicyclic) bond motifs is 1. The maximum absolute atomic E-state index is 11.1. The molecule has 2 rings (SSSR count). The molecular weight excluding hydrogens is 214 g/mol. The lowest BCUT2D eigenvalue weighted by Gasteiger charge is -2.09. The van der Waals surface area contributed by atoms with Crippen molar-refractivity contribution >= 4 is 32.8 Å². The van der Waals surface area contributed by atoms with E-state index in [1.165, 1.54) is 18.4 Å². The lowest BCUT2D eigenvalue weighted by atomic mass is 10.3. The summed E-state index contributed by atoms with van der Waals surface area (Å²) >= 11 is 1.34. The number of ether oxygens (including phenoxy) is 1. The van der Waals surface area contributed by atoms with Crippen LogP contribution in [0.1, 0.15) is 0 Å². The van der Waals surface area contributed by atoms with Gasteiger partial charge in [0.1, 0.15) is 0 Å². The quantitative estimate of drug-likeness (QED) is 0.454. The molecule has 1 amide bonds. The van der Waals surface area contributed by atoms with Crippen molar-refractivity contribution in [1.82, 2.24) is 4.98 Å². The van der Waals surface area contributed by atoms with Crippen molar-refractivity contribution in [1.29, 1.82) is 0 Å². The summed E-state index contributed by atoms with van der Waals surface area (Å²) in [6, 6.07) is 7.57. The van der Waals surface area contributed by atoms with Crippen LogP contribution in [-0.2, 0) is 4.74 Å². The number of hydrazine groups is 1. The zero-order valence-electron chi connectivity index (χ0n) is 8.01. The van der Waals surface area contributed by atoms with Gasteiger partial charge < -0.3 is 4.74 Å². The van der Waals surface area contributed by atoms with Gasteiger partial charge in [-0.3, -0.25) is 0 Å². The summed E-state index contributed by atoms with van der Waals surface area (Å²) in [5, 5.41) is 1.31. The van der Waals surface area contributed by atoms with Crippen LogP contribution in [0.25, 0.3) is 10.2 Å². The number of hydrogen-bond acceptors (Lipinski definition) is 5. The lowest BCUT2D eigenvalue weighted by molar-refractivity contribution is 0.178. The highest BCUT2D eigenvalue weighted by Crippen LogP contribution is 2.27. The molecule has 15 heavy (non-hydrogen) atoms. The summed E-state index contributed by atoms with van der Waals surface area (Å²) < 4.78 is 5.47. The normalized spacial score (nSPS) is 10.3. The molecule has 1 heterocycles. The first-order valence-corrected chi connectivity index (χ1v) is 5.02. The van der Waals surface area contributed by atoms with Crippen molar-refractivity contribution < 1.29 is 9.53 Å². The number of nitrogens with zero attached hydrogens (tertiary/aromatic N) is 2. The average molecular weight is 223 g/mol. The summed E-state index contributed by atoms with van der Waals surface area (Å²) in [6.07, 6.45) is -0.631. The Morgan fingerprint density at radius 2 is 2.27 bits per heavy atom. The molecule has 0 radical (unpaired) electrons. The predicted octanol–water partition coefficient (Wildman–Crippen LogP) is 1.74. The number of hydrogen-bond donors (Lipinski definition) is 1. The molecule has 5 nitrogen and oxygen atoms in total. The third-order valence-electron chi connectivity index (χ3n) is 1.86. The van der Waals surface area contributed by atoms with Crippen LogP contribution in [0.5, 0.6) is 0 Å². The molecule has 0 aliphatic rings. The molecule has 78 valence electrons. The predicted molar refractivity (Wildman–Crippen MR) is 58.7 cm³/mol. The summed E-state index contributed by atoms with van der Waals surface area (Å²) in [4.78, 5) is 15.3. The van der Waals surface area contributed by atoms with Gasteiger partial charge in [-0.05, 0) is 12.1 Å². The molecule has 0 saturated heterocycles. The molecule has 0 aliphatic carbocycles. The van der Waals surface area contributed by atoms with Crippen molar-refractivity contribution in [3.63, 3.8) is 0 Å². The molecule has 2 N–H and O–H groups in total. The van der Waals surface area contributed by atoms with Gasteiger partial charge in [0.15, 0.2) is 0 Å². The number of aromatic nitrogens is 1. The highest BCUT2D eigenvalue weighted by Gasteiger charge is 2.15. The first-order chi connectivity index (χ1) is 7.22. The number of para-hydroxylation sites is 1. The molecule has 0 bridgehead atoms. The number of benzene rings is 1. The van der Waals surface area contributed by atoms with Crippen molar-refractivity contribution in [2.75, 3.05) is 12.1 Å². The van der Waals surface area contributed by atoms with Crippen LogP contribution in [0.3, 0.4) is 0 Å². The van der Waals surface area contributed by atoms with E-state index in [2.05, 4.69) is 9.72 Å².